The molecule has 0 unspecified atom stereocenters. The summed E-state index contributed by atoms with van der Waals surface area (Å²) in [5, 5.41) is 3.27. The van der Waals surface area contributed by atoms with E-state index < -0.39 is 0 Å². The van der Waals surface area contributed by atoms with Gasteiger partial charge in [0.25, 0.3) is 11.8 Å². The van der Waals surface area contributed by atoms with Gasteiger partial charge in [-0.1, -0.05) is 53.8 Å². The summed E-state index contributed by atoms with van der Waals surface area (Å²) in [6, 6.07) is 13.1. The zero-order valence-corrected chi connectivity index (χ0v) is 17.0. The molecule has 2 aromatic rings. The first-order valence-electron chi connectivity index (χ1n) is 8.56. The minimum atomic E-state index is -0.210. The summed E-state index contributed by atoms with van der Waals surface area (Å²) in [5.74, 6) is 0.332. The van der Waals surface area contributed by atoms with Crippen molar-refractivity contribution in [3.8, 4) is 5.75 Å². The number of carbonyl (C=O) groups excluding carboxylic acids is 2. The number of carbonyl (C=O) groups is 2. The molecule has 2 aliphatic rings. The van der Waals surface area contributed by atoms with Crippen LogP contribution in [0, 0.1) is 0 Å². The predicted molar refractivity (Wildman–Crippen MR) is 116 cm³/mol. The molecule has 2 heterocycles. The molecule has 1 saturated heterocycles. The van der Waals surface area contributed by atoms with Crippen LogP contribution in [-0.2, 0) is 16.0 Å². The van der Waals surface area contributed by atoms with Crippen molar-refractivity contribution < 1.29 is 14.3 Å². The number of anilines is 1. The molecule has 0 aliphatic carbocycles. The maximum absolute atomic E-state index is 12.5. The maximum Gasteiger partial charge on any atom is 0.265 e. The van der Waals surface area contributed by atoms with E-state index in [4.69, 9.17) is 28.6 Å². The number of hydrogen-bond donors (Lipinski definition) is 1. The molecule has 0 spiro atoms. The minimum absolute atomic E-state index is 0.00943. The molecule has 4 rings (SSSR count). The summed E-state index contributed by atoms with van der Waals surface area (Å²) >= 11 is 12.3. The molecule has 142 valence electrons. The minimum Gasteiger partial charge on any atom is -0.482 e. The van der Waals surface area contributed by atoms with Gasteiger partial charge >= 0.3 is 0 Å². The van der Waals surface area contributed by atoms with Crippen LogP contribution in [0.25, 0.3) is 6.08 Å². The van der Waals surface area contributed by atoms with Gasteiger partial charge in [-0.2, -0.15) is 0 Å². The van der Waals surface area contributed by atoms with Crippen LogP contribution in [0.1, 0.15) is 11.1 Å². The van der Waals surface area contributed by atoms with Crippen molar-refractivity contribution in [1.82, 2.24) is 5.32 Å². The Morgan fingerprint density at radius 2 is 2.11 bits per heavy atom. The van der Waals surface area contributed by atoms with E-state index in [9.17, 15) is 9.59 Å². The Kier molecular flexibility index (Phi) is 5.39. The molecule has 2 aromatic carbocycles. The van der Waals surface area contributed by atoms with Gasteiger partial charge in [0.1, 0.15) is 10.1 Å². The number of thioether (sulfide) groups is 1. The van der Waals surface area contributed by atoms with Crippen LogP contribution < -0.4 is 15.0 Å². The van der Waals surface area contributed by atoms with E-state index in [0.29, 0.717) is 38.7 Å². The largest absolute Gasteiger partial charge is 0.482 e. The standard InChI is InChI=1S/C20H15ClN2O3S2/c21-14-3-1-2-12(8-14)6-7-23-15-9-13(4-5-16(15)26-11-18(23)24)10-17-19(25)22-20(27)28-17/h1-5,8-10H,6-7,11H2,(H,22,25,27). The van der Waals surface area contributed by atoms with Gasteiger partial charge < -0.3 is 15.0 Å². The zero-order chi connectivity index (χ0) is 19.7. The van der Waals surface area contributed by atoms with E-state index in [1.165, 1.54) is 11.8 Å². The predicted octanol–water partition coefficient (Wildman–Crippen LogP) is 3.80. The van der Waals surface area contributed by atoms with Crippen LogP contribution in [0.3, 0.4) is 0 Å². The molecule has 1 N–H and O–H groups in total. The molecule has 0 aromatic heterocycles. The Hall–Kier alpha value is -2.35. The van der Waals surface area contributed by atoms with Crippen molar-refractivity contribution in [2.45, 2.75) is 6.42 Å². The van der Waals surface area contributed by atoms with Crippen LogP contribution in [0.15, 0.2) is 47.4 Å². The smallest absolute Gasteiger partial charge is 0.265 e. The second-order valence-corrected chi connectivity index (χ2v) is 8.45. The number of hydrogen-bond acceptors (Lipinski definition) is 5. The molecule has 1 fully saturated rings. The molecule has 0 bridgehead atoms. The van der Waals surface area contributed by atoms with E-state index in [1.807, 2.05) is 42.5 Å². The lowest BCUT2D eigenvalue weighted by atomic mass is 10.1. The van der Waals surface area contributed by atoms with Gasteiger partial charge in [-0.25, -0.2) is 0 Å². The highest BCUT2D eigenvalue weighted by Crippen LogP contribution is 2.35. The van der Waals surface area contributed by atoms with Gasteiger partial charge in [0.05, 0.1) is 10.6 Å². The summed E-state index contributed by atoms with van der Waals surface area (Å²) < 4.78 is 6.00. The lowest BCUT2D eigenvalue weighted by Crippen LogP contribution is -2.40. The number of ether oxygens (including phenoxy) is 1. The fourth-order valence-electron chi connectivity index (χ4n) is 3.06. The van der Waals surface area contributed by atoms with Gasteiger partial charge in [-0.15, -0.1) is 0 Å². The van der Waals surface area contributed by atoms with Gasteiger partial charge in [0, 0.05) is 11.6 Å². The molecule has 2 amide bonds. The Morgan fingerprint density at radius 1 is 1.25 bits per heavy atom. The number of fused-ring (bicyclic) bond motifs is 1. The van der Waals surface area contributed by atoms with Crippen molar-refractivity contribution in [2.24, 2.45) is 0 Å². The molecule has 0 saturated carbocycles. The maximum atomic E-state index is 12.5. The van der Waals surface area contributed by atoms with E-state index in [2.05, 4.69) is 5.32 Å². The topological polar surface area (TPSA) is 58.6 Å². The van der Waals surface area contributed by atoms with Crippen molar-refractivity contribution in [2.75, 3.05) is 18.1 Å². The highest BCUT2D eigenvalue weighted by atomic mass is 35.5. The molecule has 28 heavy (non-hydrogen) atoms. The molecule has 0 radical (unpaired) electrons. The number of benzene rings is 2. The van der Waals surface area contributed by atoms with Crippen LogP contribution in [0.5, 0.6) is 5.75 Å². The average Bonchev–Trinajstić information content (AvgIpc) is 2.98. The van der Waals surface area contributed by atoms with Crippen LogP contribution in [-0.4, -0.2) is 29.3 Å². The number of nitrogens with one attached hydrogen (secondary N) is 1. The molecule has 0 atom stereocenters. The van der Waals surface area contributed by atoms with Crippen molar-refractivity contribution in [1.29, 1.82) is 0 Å². The summed E-state index contributed by atoms with van der Waals surface area (Å²) in [6.45, 7) is 0.518. The summed E-state index contributed by atoms with van der Waals surface area (Å²) in [7, 11) is 0. The SMILES string of the molecule is O=C1NC(=S)SC1=Cc1ccc2c(c1)N(CCc1cccc(Cl)c1)C(=O)CO2. The Morgan fingerprint density at radius 3 is 2.86 bits per heavy atom. The van der Waals surface area contributed by atoms with E-state index >= 15 is 0 Å². The van der Waals surface area contributed by atoms with Gasteiger partial charge in [-0.3, -0.25) is 9.59 Å². The number of nitrogens with zero attached hydrogens (tertiary/aromatic N) is 1. The van der Waals surface area contributed by atoms with Crippen LogP contribution in [0.4, 0.5) is 5.69 Å². The Bertz CT molecular complexity index is 1020. The number of rotatable bonds is 4. The lowest BCUT2D eigenvalue weighted by Gasteiger charge is -2.29. The third kappa shape index (κ3) is 4.06. The molecule has 8 heteroatoms. The lowest BCUT2D eigenvalue weighted by molar-refractivity contribution is -0.121. The average molecular weight is 431 g/mol. The van der Waals surface area contributed by atoms with Crippen LogP contribution >= 0.6 is 35.6 Å². The first-order valence-corrected chi connectivity index (χ1v) is 10.2. The fraction of sp³-hybridized carbons (Fsp3) is 0.150. The molecular weight excluding hydrogens is 416 g/mol. The van der Waals surface area contributed by atoms with Gasteiger partial charge in [-0.05, 0) is 47.9 Å². The van der Waals surface area contributed by atoms with E-state index in [0.717, 1.165) is 11.1 Å². The Balaban J connectivity index is 1.60. The summed E-state index contributed by atoms with van der Waals surface area (Å²) in [5.41, 5.74) is 2.55. The van der Waals surface area contributed by atoms with Crippen molar-refractivity contribution in [3.05, 3.63) is 63.5 Å². The zero-order valence-electron chi connectivity index (χ0n) is 14.6. The number of thiocarbonyl (C=S) groups is 1. The van der Waals surface area contributed by atoms with Crippen molar-refractivity contribution in [3.63, 3.8) is 0 Å². The molecular formula is C20H15ClN2O3S2. The number of amides is 2. The molecule has 5 nitrogen and oxygen atoms in total. The Labute approximate surface area is 176 Å². The highest BCUT2D eigenvalue weighted by molar-refractivity contribution is 8.26. The summed E-state index contributed by atoms with van der Waals surface area (Å²) in [4.78, 5) is 26.6. The second kappa shape index (κ2) is 7.95. The third-order valence-electron chi connectivity index (χ3n) is 4.38. The second-order valence-electron chi connectivity index (χ2n) is 6.29. The van der Waals surface area contributed by atoms with E-state index in [-0.39, 0.29) is 18.4 Å². The van der Waals surface area contributed by atoms with Gasteiger partial charge in [0.15, 0.2) is 6.61 Å². The monoisotopic (exact) mass is 430 g/mol. The molecule has 2 aliphatic heterocycles. The van der Waals surface area contributed by atoms with Crippen molar-refractivity contribution >= 4 is 63.5 Å². The first kappa shape index (κ1) is 19.0. The van der Waals surface area contributed by atoms with Gasteiger partial charge in [0.2, 0.25) is 0 Å². The highest BCUT2D eigenvalue weighted by Gasteiger charge is 2.26. The number of halogens is 1. The first-order chi connectivity index (χ1) is 13.5. The fourth-order valence-corrected chi connectivity index (χ4v) is 4.32. The quantitative estimate of drug-likeness (QED) is 0.590. The third-order valence-corrected chi connectivity index (χ3v) is 5.78. The summed E-state index contributed by atoms with van der Waals surface area (Å²) in [6.07, 6.45) is 2.43. The van der Waals surface area contributed by atoms with Crippen LogP contribution in [0.2, 0.25) is 5.02 Å². The van der Waals surface area contributed by atoms with E-state index in [1.54, 1.807) is 11.0 Å². The normalized spacial score (nSPS) is 17.5.